The molecule has 0 bridgehead atoms. The third-order valence-corrected chi connectivity index (χ3v) is 3.31. The van der Waals surface area contributed by atoms with Gasteiger partial charge < -0.3 is 20.1 Å². The second kappa shape index (κ2) is 5.80. The molecule has 1 aromatic carbocycles. The van der Waals surface area contributed by atoms with Gasteiger partial charge in [0.1, 0.15) is 13.2 Å². The Morgan fingerprint density at radius 1 is 1.21 bits per heavy atom. The molecule has 1 aliphatic heterocycles. The minimum absolute atomic E-state index is 0.141. The molecule has 0 amide bonds. The topological polar surface area (TPSA) is 47.7 Å². The number of nitrogens with zero attached hydrogens (tertiary/aromatic N) is 1. The molecule has 2 rings (SSSR count). The van der Waals surface area contributed by atoms with Crippen molar-refractivity contribution in [3.63, 3.8) is 0 Å². The van der Waals surface area contributed by atoms with Gasteiger partial charge in [0.2, 0.25) is 0 Å². The van der Waals surface area contributed by atoms with Crippen LogP contribution in [0.4, 0.5) is 0 Å². The molecule has 0 saturated carbocycles. The van der Waals surface area contributed by atoms with E-state index >= 15 is 0 Å². The van der Waals surface area contributed by atoms with E-state index in [0.29, 0.717) is 19.8 Å². The van der Waals surface area contributed by atoms with Crippen LogP contribution in [0.1, 0.15) is 19.4 Å². The summed E-state index contributed by atoms with van der Waals surface area (Å²) in [7, 11) is 2.12. The zero-order chi connectivity index (χ0) is 13.9. The van der Waals surface area contributed by atoms with Crippen molar-refractivity contribution in [2.75, 3.05) is 33.4 Å². The van der Waals surface area contributed by atoms with E-state index < -0.39 is 0 Å². The number of hydrogen-bond donors (Lipinski definition) is 1. The number of rotatable bonds is 5. The first-order valence-electron chi connectivity index (χ1n) is 6.77. The SMILES string of the molecule is CN(Cc1ccc2c(c1)OCCO2)CC(C)(C)CN. The molecule has 2 N–H and O–H groups in total. The Morgan fingerprint density at radius 3 is 2.58 bits per heavy atom. The Hall–Kier alpha value is -1.26. The highest BCUT2D eigenvalue weighted by Crippen LogP contribution is 2.31. The lowest BCUT2D eigenvalue weighted by molar-refractivity contribution is 0.170. The first-order chi connectivity index (χ1) is 9.00. The molecule has 1 aromatic rings. The number of benzene rings is 1. The summed E-state index contributed by atoms with van der Waals surface area (Å²) in [6.45, 7) is 8.19. The normalized spacial score (nSPS) is 14.8. The highest BCUT2D eigenvalue weighted by Gasteiger charge is 2.18. The fourth-order valence-corrected chi connectivity index (χ4v) is 2.35. The van der Waals surface area contributed by atoms with Gasteiger partial charge in [-0.3, -0.25) is 0 Å². The van der Waals surface area contributed by atoms with Crippen LogP contribution in [0, 0.1) is 5.41 Å². The number of hydrogen-bond acceptors (Lipinski definition) is 4. The summed E-state index contributed by atoms with van der Waals surface area (Å²) in [6, 6.07) is 6.16. The van der Waals surface area contributed by atoms with Crippen LogP contribution < -0.4 is 15.2 Å². The molecule has 0 aliphatic carbocycles. The van der Waals surface area contributed by atoms with Crippen molar-refractivity contribution in [3.05, 3.63) is 23.8 Å². The van der Waals surface area contributed by atoms with Gasteiger partial charge >= 0.3 is 0 Å². The zero-order valence-corrected chi connectivity index (χ0v) is 12.1. The maximum absolute atomic E-state index is 5.78. The van der Waals surface area contributed by atoms with Crippen molar-refractivity contribution in [2.45, 2.75) is 20.4 Å². The molecule has 4 nitrogen and oxygen atoms in total. The second-order valence-electron chi connectivity index (χ2n) is 6.02. The van der Waals surface area contributed by atoms with Gasteiger partial charge in [-0.2, -0.15) is 0 Å². The number of ether oxygens (including phenoxy) is 2. The van der Waals surface area contributed by atoms with Gasteiger partial charge in [0.05, 0.1) is 0 Å². The van der Waals surface area contributed by atoms with E-state index in [9.17, 15) is 0 Å². The fourth-order valence-electron chi connectivity index (χ4n) is 2.35. The summed E-state index contributed by atoms with van der Waals surface area (Å²) in [4.78, 5) is 2.29. The molecular weight excluding hydrogens is 240 g/mol. The summed E-state index contributed by atoms with van der Waals surface area (Å²) in [5.74, 6) is 1.70. The molecule has 19 heavy (non-hydrogen) atoms. The summed E-state index contributed by atoms with van der Waals surface area (Å²) >= 11 is 0. The predicted octanol–water partition coefficient (Wildman–Crippen LogP) is 1.87. The maximum atomic E-state index is 5.78. The second-order valence-corrected chi connectivity index (χ2v) is 6.02. The van der Waals surface area contributed by atoms with Crippen LogP contribution in [0.2, 0.25) is 0 Å². The average Bonchev–Trinajstić information content (AvgIpc) is 2.38. The van der Waals surface area contributed by atoms with Crippen molar-refractivity contribution < 1.29 is 9.47 Å². The van der Waals surface area contributed by atoms with Crippen LogP contribution in [0.15, 0.2) is 18.2 Å². The van der Waals surface area contributed by atoms with Gasteiger partial charge in [0.15, 0.2) is 11.5 Å². The first kappa shape index (κ1) is 14.2. The molecule has 4 heteroatoms. The largest absolute Gasteiger partial charge is 0.486 e. The van der Waals surface area contributed by atoms with E-state index in [1.807, 2.05) is 6.07 Å². The highest BCUT2D eigenvalue weighted by atomic mass is 16.6. The molecule has 0 spiro atoms. The lowest BCUT2D eigenvalue weighted by atomic mass is 9.93. The maximum Gasteiger partial charge on any atom is 0.161 e. The van der Waals surface area contributed by atoms with Crippen molar-refractivity contribution in [3.8, 4) is 11.5 Å². The Morgan fingerprint density at radius 2 is 1.89 bits per heavy atom. The van der Waals surface area contributed by atoms with E-state index in [0.717, 1.165) is 24.6 Å². The molecule has 1 aliphatic rings. The van der Waals surface area contributed by atoms with E-state index in [-0.39, 0.29) is 5.41 Å². The van der Waals surface area contributed by atoms with Crippen molar-refractivity contribution in [1.29, 1.82) is 0 Å². The fraction of sp³-hybridized carbons (Fsp3) is 0.600. The van der Waals surface area contributed by atoms with Crippen LogP contribution in [0.5, 0.6) is 11.5 Å². The van der Waals surface area contributed by atoms with Gasteiger partial charge in [-0.25, -0.2) is 0 Å². The third kappa shape index (κ3) is 3.85. The molecule has 0 aromatic heterocycles. The Balaban J connectivity index is 1.99. The van der Waals surface area contributed by atoms with Crippen LogP contribution in [0.25, 0.3) is 0 Å². The van der Waals surface area contributed by atoms with Gasteiger partial charge in [0, 0.05) is 13.1 Å². The zero-order valence-electron chi connectivity index (χ0n) is 12.1. The molecule has 1 heterocycles. The first-order valence-corrected chi connectivity index (χ1v) is 6.77. The molecule has 0 saturated heterocycles. The van der Waals surface area contributed by atoms with Gasteiger partial charge in [-0.15, -0.1) is 0 Å². The van der Waals surface area contributed by atoms with Crippen molar-refractivity contribution >= 4 is 0 Å². The minimum atomic E-state index is 0.141. The quantitative estimate of drug-likeness (QED) is 0.882. The average molecular weight is 264 g/mol. The predicted molar refractivity (Wildman–Crippen MR) is 76.6 cm³/mol. The third-order valence-electron chi connectivity index (χ3n) is 3.31. The van der Waals surface area contributed by atoms with Crippen LogP contribution in [-0.2, 0) is 6.54 Å². The van der Waals surface area contributed by atoms with E-state index in [2.05, 4.69) is 37.9 Å². The summed E-state index contributed by atoms with van der Waals surface area (Å²) in [5.41, 5.74) is 7.15. The lowest BCUT2D eigenvalue weighted by Crippen LogP contribution is -2.36. The number of fused-ring (bicyclic) bond motifs is 1. The highest BCUT2D eigenvalue weighted by molar-refractivity contribution is 5.43. The summed E-state index contributed by atoms with van der Waals surface area (Å²) < 4.78 is 11.1. The van der Waals surface area contributed by atoms with Crippen LogP contribution in [-0.4, -0.2) is 38.3 Å². The molecular formula is C15H24N2O2. The minimum Gasteiger partial charge on any atom is -0.486 e. The Kier molecular flexibility index (Phi) is 4.32. The van der Waals surface area contributed by atoms with Crippen molar-refractivity contribution in [2.24, 2.45) is 11.1 Å². The molecule has 106 valence electrons. The lowest BCUT2D eigenvalue weighted by Gasteiger charge is -2.29. The smallest absolute Gasteiger partial charge is 0.161 e. The van der Waals surface area contributed by atoms with Crippen LogP contribution >= 0.6 is 0 Å². The Labute approximate surface area is 115 Å². The van der Waals surface area contributed by atoms with Gasteiger partial charge in [-0.05, 0) is 36.7 Å². The van der Waals surface area contributed by atoms with Gasteiger partial charge in [-0.1, -0.05) is 19.9 Å². The standard InChI is InChI=1S/C15H24N2O2/c1-15(2,10-16)11-17(3)9-12-4-5-13-14(8-12)19-7-6-18-13/h4-5,8H,6-7,9-11,16H2,1-3H3. The van der Waals surface area contributed by atoms with E-state index in [1.165, 1.54) is 5.56 Å². The van der Waals surface area contributed by atoms with Crippen molar-refractivity contribution in [1.82, 2.24) is 4.90 Å². The van der Waals surface area contributed by atoms with Crippen LogP contribution in [0.3, 0.4) is 0 Å². The molecule has 0 radical (unpaired) electrons. The Bertz CT molecular complexity index is 432. The monoisotopic (exact) mass is 264 g/mol. The summed E-state index contributed by atoms with van der Waals surface area (Å²) in [5, 5.41) is 0. The summed E-state index contributed by atoms with van der Waals surface area (Å²) in [6.07, 6.45) is 0. The molecule has 0 fully saturated rings. The van der Waals surface area contributed by atoms with E-state index in [1.54, 1.807) is 0 Å². The molecule has 0 unspecified atom stereocenters. The molecule has 0 atom stereocenters. The number of nitrogens with two attached hydrogens (primary N) is 1. The van der Waals surface area contributed by atoms with E-state index in [4.69, 9.17) is 15.2 Å². The van der Waals surface area contributed by atoms with Gasteiger partial charge in [0.25, 0.3) is 0 Å².